The molecule has 0 saturated carbocycles. The van der Waals surface area contributed by atoms with Gasteiger partial charge in [-0.15, -0.1) is 10.2 Å². The van der Waals surface area contributed by atoms with Gasteiger partial charge in [-0.1, -0.05) is 53.4 Å². The minimum absolute atomic E-state index is 0.214. The summed E-state index contributed by atoms with van der Waals surface area (Å²) in [6, 6.07) is 16.4. The number of aromatic nitrogens is 2. The van der Waals surface area contributed by atoms with Crippen LogP contribution in [0.1, 0.15) is 5.56 Å². The van der Waals surface area contributed by atoms with Crippen LogP contribution in [0.2, 0.25) is 0 Å². The molecule has 0 aliphatic heterocycles. The molecule has 0 saturated heterocycles. The molecule has 0 atom stereocenters. The number of para-hydroxylation sites is 1. The van der Waals surface area contributed by atoms with Crippen LogP contribution in [-0.2, 0) is 5.75 Å². The third-order valence-electron chi connectivity index (χ3n) is 2.71. The van der Waals surface area contributed by atoms with Crippen LogP contribution in [0.25, 0.3) is 0 Å². The van der Waals surface area contributed by atoms with Crippen molar-refractivity contribution in [3.8, 4) is 0 Å². The SMILES string of the molecule is Fc1ccc(CSc2nnc(Nc3ccccc3)s2)cc1. The Morgan fingerprint density at radius 1 is 1.00 bits per heavy atom. The number of thioether (sulfide) groups is 1. The Balaban J connectivity index is 1.59. The van der Waals surface area contributed by atoms with Gasteiger partial charge >= 0.3 is 0 Å². The van der Waals surface area contributed by atoms with E-state index in [1.54, 1.807) is 23.9 Å². The normalized spacial score (nSPS) is 10.5. The molecule has 0 amide bonds. The molecule has 0 aliphatic rings. The molecule has 0 bridgehead atoms. The molecule has 106 valence electrons. The van der Waals surface area contributed by atoms with E-state index in [-0.39, 0.29) is 5.82 Å². The molecule has 2 aromatic carbocycles. The van der Waals surface area contributed by atoms with Crippen LogP contribution in [0.3, 0.4) is 0 Å². The Labute approximate surface area is 130 Å². The van der Waals surface area contributed by atoms with Gasteiger partial charge in [-0.2, -0.15) is 0 Å². The first-order valence-corrected chi connectivity index (χ1v) is 8.12. The number of anilines is 2. The first-order chi connectivity index (χ1) is 10.3. The zero-order valence-electron chi connectivity index (χ0n) is 11.0. The van der Waals surface area contributed by atoms with E-state index >= 15 is 0 Å². The summed E-state index contributed by atoms with van der Waals surface area (Å²) in [5.74, 6) is 0.536. The number of halogens is 1. The molecule has 3 aromatic rings. The third-order valence-corrected chi connectivity index (χ3v) is 4.75. The zero-order chi connectivity index (χ0) is 14.5. The van der Waals surface area contributed by atoms with Crippen molar-refractivity contribution in [3.63, 3.8) is 0 Å². The molecular weight excluding hydrogens is 305 g/mol. The van der Waals surface area contributed by atoms with Crippen LogP contribution in [0.15, 0.2) is 58.9 Å². The second-order valence-electron chi connectivity index (χ2n) is 4.28. The average molecular weight is 317 g/mol. The summed E-state index contributed by atoms with van der Waals surface area (Å²) in [5, 5.41) is 12.2. The Morgan fingerprint density at radius 2 is 1.76 bits per heavy atom. The smallest absolute Gasteiger partial charge is 0.210 e. The van der Waals surface area contributed by atoms with Crippen molar-refractivity contribution < 1.29 is 4.39 Å². The highest BCUT2D eigenvalue weighted by Crippen LogP contribution is 2.29. The number of nitrogens with one attached hydrogen (secondary N) is 1. The molecule has 0 unspecified atom stereocenters. The van der Waals surface area contributed by atoms with Gasteiger partial charge in [-0.25, -0.2) is 4.39 Å². The first kappa shape index (κ1) is 14.0. The fourth-order valence-electron chi connectivity index (χ4n) is 1.69. The van der Waals surface area contributed by atoms with E-state index < -0.39 is 0 Å². The monoisotopic (exact) mass is 317 g/mol. The Kier molecular flexibility index (Phi) is 4.47. The summed E-state index contributed by atoms with van der Waals surface area (Å²) in [7, 11) is 0. The number of benzene rings is 2. The second kappa shape index (κ2) is 6.69. The van der Waals surface area contributed by atoms with Gasteiger partial charge in [-0.3, -0.25) is 0 Å². The van der Waals surface area contributed by atoms with Gasteiger partial charge in [0.05, 0.1) is 0 Å². The van der Waals surface area contributed by atoms with Crippen molar-refractivity contribution in [2.45, 2.75) is 10.1 Å². The van der Waals surface area contributed by atoms with Crippen molar-refractivity contribution in [1.29, 1.82) is 0 Å². The number of hydrogen-bond donors (Lipinski definition) is 1. The minimum Gasteiger partial charge on any atom is -0.330 e. The fraction of sp³-hybridized carbons (Fsp3) is 0.0667. The Hall–Kier alpha value is -1.92. The highest BCUT2D eigenvalue weighted by molar-refractivity contribution is 8.00. The van der Waals surface area contributed by atoms with Crippen molar-refractivity contribution in [1.82, 2.24) is 10.2 Å². The summed E-state index contributed by atoms with van der Waals surface area (Å²) in [5.41, 5.74) is 2.05. The molecule has 0 radical (unpaired) electrons. The van der Waals surface area contributed by atoms with Crippen LogP contribution < -0.4 is 5.32 Å². The minimum atomic E-state index is -0.214. The predicted octanol–water partition coefficient (Wildman–Crippen LogP) is 4.71. The summed E-state index contributed by atoms with van der Waals surface area (Å²) < 4.78 is 13.7. The highest BCUT2D eigenvalue weighted by atomic mass is 32.2. The summed E-state index contributed by atoms with van der Waals surface area (Å²) >= 11 is 3.10. The van der Waals surface area contributed by atoms with E-state index in [1.165, 1.54) is 23.5 Å². The molecule has 6 heteroatoms. The number of hydrogen-bond acceptors (Lipinski definition) is 5. The quantitative estimate of drug-likeness (QED) is 0.691. The summed E-state index contributed by atoms with van der Waals surface area (Å²) in [4.78, 5) is 0. The molecule has 0 aliphatic carbocycles. The maximum absolute atomic E-state index is 12.8. The van der Waals surface area contributed by atoms with Crippen molar-refractivity contribution in [3.05, 3.63) is 66.0 Å². The van der Waals surface area contributed by atoms with Crippen LogP contribution in [0, 0.1) is 5.82 Å². The van der Waals surface area contributed by atoms with E-state index in [9.17, 15) is 4.39 Å². The van der Waals surface area contributed by atoms with Crippen LogP contribution in [0.4, 0.5) is 15.2 Å². The fourth-order valence-corrected chi connectivity index (χ4v) is 3.42. The Morgan fingerprint density at radius 3 is 2.52 bits per heavy atom. The van der Waals surface area contributed by atoms with Crippen molar-refractivity contribution >= 4 is 33.9 Å². The lowest BCUT2D eigenvalue weighted by Crippen LogP contribution is -1.87. The third kappa shape index (κ3) is 4.03. The zero-order valence-corrected chi connectivity index (χ0v) is 12.6. The molecular formula is C15H12FN3S2. The van der Waals surface area contributed by atoms with E-state index in [0.29, 0.717) is 0 Å². The predicted molar refractivity (Wildman–Crippen MR) is 85.6 cm³/mol. The molecule has 0 fully saturated rings. The first-order valence-electron chi connectivity index (χ1n) is 6.32. The van der Waals surface area contributed by atoms with E-state index in [2.05, 4.69) is 15.5 Å². The lowest BCUT2D eigenvalue weighted by atomic mass is 10.2. The number of nitrogens with zero attached hydrogens (tertiary/aromatic N) is 2. The van der Waals surface area contributed by atoms with E-state index in [1.807, 2.05) is 30.3 Å². The molecule has 3 nitrogen and oxygen atoms in total. The van der Waals surface area contributed by atoms with Gasteiger partial charge in [0, 0.05) is 11.4 Å². The number of rotatable bonds is 5. The van der Waals surface area contributed by atoms with Gasteiger partial charge in [0.1, 0.15) is 5.82 Å². The lowest BCUT2D eigenvalue weighted by molar-refractivity contribution is 0.627. The maximum atomic E-state index is 12.8. The summed E-state index contributed by atoms with van der Waals surface area (Å²) in [6.45, 7) is 0. The standard InChI is InChI=1S/C15H12FN3S2/c16-12-8-6-11(7-9-12)10-20-15-19-18-14(21-15)17-13-4-2-1-3-5-13/h1-9H,10H2,(H,17,18). The van der Waals surface area contributed by atoms with Crippen molar-refractivity contribution in [2.75, 3.05) is 5.32 Å². The van der Waals surface area contributed by atoms with Gasteiger partial charge in [0.2, 0.25) is 5.13 Å². The summed E-state index contributed by atoms with van der Waals surface area (Å²) in [6.07, 6.45) is 0. The van der Waals surface area contributed by atoms with E-state index in [0.717, 1.165) is 26.5 Å². The van der Waals surface area contributed by atoms with Crippen molar-refractivity contribution in [2.24, 2.45) is 0 Å². The van der Waals surface area contributed by atoms with Crippen LogP contribution in [-0.4, -0.2) is 10.2 Å². The topological polar surface area (TPSA) is 37.8 Å². The lowest BCUT2D eigenvalue weighted by Gasteiger charge is -1.99. The second-order valence-corrected chi connectivity index (χ2v) is 6.48. The average Bonchev–Trinajstić information content (AvgIpc) is 2.95. The molecule has 1 heterocycles. The molecule has 1 N–H and O–H groups in total. The van der Waals surface area contributed by atoms with Gasteiger partial charge in [-0.05, 0) is 29.8 Å². The van der Waals surface area contributed by atoms with Gasteiger partial charge in [0.15, 0.2) is 4.34 Å². The molecule has 0 spiro atoms. The largest absolute Gasteiger partial charge is 0.330 e. The van der Waals surface area contributed by atoms with E-state index in [4.69, 9.17) is 0 Å². The molecule has 21 heavy (non-hydrogen) atoms. The maximum Gasteiger partial charge on any atom is 0.210 e. The highest BCUT2D eigenvalue weighted by Gasteiger charge is 2.05. The van der Waals surface area contributed by atoms with Gasteiger partial charge in [0.25, 0.3) is 0 Å². The molecule has 1 aromatic heterocycles. The van der Waals surface area contributed by atoms with Crippen LogP contribution in [0.5, 0.6) is 0 Å². The van der Waals surface area contributed by atoms with Gasteiger partial charge < -0.3 is 5.32 Å². The molecule has 3 rings (SSSR count). The van der Waals surface area contributed by atoms with Crippen LogP contribution >= 0.6 is 23.1 Å². The Bertz CT molecular complexity index is 698.